The predicted octanol–water partition coefficient (Wildman–Crippen LogP) is 23.2. The Labute approximate surface area is 603 Å². The third kappa shape index (κ3) is 10.8. The van der Waals surface area contributed by atoms with Crippen molar-refractivity contribution in [3.05, 3.63) is 308 Å². The summed E-state index contributed by atoms with van der Waals surface area (Å²) in [6.45, 7) is 21.6. The molecule has 2 fully saturated rings. The van der Waals surface area contributed by atoms with Crippen LogP contribution in [0.5, 0.6) is 0 Å². The van der Waals surface area contributed by atoms with Gasteiger partial charge in [0.1, 0.15) is 11.2 Å². The molecule has 18 rings (SSSR count). The highest BCUT2D eigenvalue weighted by atomic mass is 16.7. The lowest BCUT2D eigenvalue weighted by atomic mass is 9.79. The SMILES string of the molecule is CC1(C)c2cc(-c3ccc4c(c3)c3cc(-c5ccc(N(c6ccc(-c7ccccc7)cc6)c6cccc(B7OC(C)(C)C(C)(C)O7)c6)cc5)ccc3n4-c3ccccc3)ccc2-c2ccc(N(c3ccc(B4OC(C)(C)C(C)(C)O4)cc3)c3ccc(-c4cccc5c4oc4ccccc45)cc3)cc21. The number of rotatable bonds is 13. The normalized spacial score (nSPS) is 16.1. The molecule has 0 bridgehead atoms. The van der Waals surface area contributed by atoms with E-state index in [0.29, 0.717) is 0 Å². The summed E-state index contributed by atoms with van der Waals surface area (Å²) in [6, 6.07) is 108. The van der Waals surface area contributed by atoms with Gasteiger partial charge >= 0.3 is 14.2 Å². The molecule has 0 amide bonds. The summed E-state index contributed by atoms with van der Waals surface area (Å²) in [6.07, 6.45) is 0. The van der Waals surface area contributed by atoms with E-state index < -0.39 is 36.6 Å². The molecule has 2 saturated heterocycles. The molecular weight excluding hydrogens is 1260 g/mol. The average molecular weight is 1340 g/mol. The third-order valence-electron chi connectivity index (χ3n) is 22.9. The molecule has 0 atom stereocenters. The summed E-state index contributed by atoms with van der Waals surface area (Å²) in [4.78, 5) is 4.70. The Morgan fingerprint density at radius 3 is 1.29 bits per heavy atom. The smallest absolute Gasteiger partial charge is 0.455 e. The van der Waals surface area contributed by atoms with Gasteiger partial charge in [-0.15, -0.1) is 0 Å². The summed E-state index contributed by atoms with van der Waals surface area (Å²) < 4.78 is 35.2. The first-order valence-electron chi connectivity index (χ1n) is 36.0. The van der Waals surface area contributed by atoms with Crippen LogP contribution in [0.4, 0.5) is 34.1 Å². The van der Waals surface area contributed by atoms with Gasteiger partial charge in [-0.1, -0.05) is 190 Å². The number of furan rings is 1. The molecule has 3 aliphatic rings. The van der Waals surface area contributed by atoms with Gasteiger partial charge in [0.2, 0.25) is 0 Å². The highest BCUT2D eigenvalue weighted by molar-refractivity contribution is 6.62. The molecule has 10 heteroatoms. The molecule has 1 aliphatic carbocycles. The van der Waals surface area contributed by atoms with E-state index in [0.717, 1.165) is 112 Å². The van der Waals surface area contributed by atoms with Crippen molar-refractivity contribution in [1.29, 1.82) is 0 Å². The number of anilines is 6. The molecule has 8 nitrogen and oxygen atoms in total. The minimum atomic E-state index is -0.498. The Morgan fingerprint density at radius 1 is 0.282 bits per heavy atom. The molecule has 15 aromatic rings. The van der Waals surface area contributed by atoms with E-state index in [1.165, 1.54) is 49.7 Å². The van der Waals surface area contributed by atoms with Crippen LogP contribution < -0.4 is 20.7 Å². The van der Waals surface area contributed by atoms with E-state index >= 15 is 0 Å². The summed E-state index contributed by atoms with van der Waals surface area (Å²) in [7, 11) is -0.973. The molecule has 0 radical (unpaired) electrons. The van der Waals surface area contributed by atoms with Crippen LogP contribution in [0.2, 0.25) is 0 Å². The maximum Gasteiger partial charge on any atom is 0.494 e. The average Bonchev–Trinajstić information content (AvgIpc) is 1.60. The van der Waals surface area contributed by atoms with E-state index in [4.69, 9.17) is 23.0 Å². The second-order valence-electron chi connectivity index (χ2n) is 30.6. The molecule has 2 aliphatic heterocycles. The Bertz CT molecular complexity index is 5770. The Morgan fingerprint density at radius 2 is 0.699 bits per heavy atom. The van der Waals surface area contributed by atoms with Gasteiger partial charge in [-0.05, 0) is 249 Å². The fraction of sp³-hybridized carbons (Fsp3) is 0.161. The molecule has 2 aromatic heterocycles. The van der Waals surface area contributed by atoms with Gasteiger partial charge in [0.25, 0.3) is 0 Å². The van der Waals surface area contributed by atoms with Crippen LogP contribution in [0.25, 0.3) is 105 Å². The number of fused-ring (bicyclic) bond motifs is 9. The van der Waals surface area contributed by atoms with Gasteiger partial charge in [0, 0.05) is 72.3 Å². The fourth-order valence-electron chi connectivity index (χ4n) is 15.7. The van der Waals surface area contributed by atoms with Gasteiger partial charge < -0.3 is 37.4 Å². The van der Waals surface area contributed by atoms with Crippen LogP contribution in [0.1, 0.15) is 80.4 Å². The zero-order valence-corrected chi connectivity index (χ0v) is 59.8. The van der Waals surface area contributed by atoms with Crippen molar-refractivity contribution in [3.8, 4) is 61.3 Å². The van der Waals surface area contributed by atoms with E-state index in [1.54, 1.807) is 0 Å². The quantitative estimate of drug-likeness (QED) is 0.107. The van der Waals surface area contributed by atoms with Crippen molar-refractivity contribution in [2.45, 2.75) is 97.1 Å². The molecule has 0 saturated carbocycles. The van der Waals surface area contributed by atoms with E-state index in [2.05, 4.69) is 369 Å². The monoisotopic (exact) mass is 1340 g/mol. The number of benzene rings is 13. The van der Waals surface area contributed by atoms with Crippen LogP contribution in [0, 0.1) is 0 Å². The topological polar surface area (TPSA) is 61.5 Å². The maximum atomic E-state index is 6.59. The maximum absolute atomic E-state index is 6.59. The van der Waals surface area contributed by atoms with Crippen molar-refractivity contribution in [2.24, 2.45) is 0 Å². The van der Waals surface area contributed by atoms with Crippen molar-refractivity contribution in [1.82, 2.24) is 4.57 Å². The van der Waals surface area contributed by atoms with E-state index in [9.17, 15) is 0 Å². The molecular formula is C93H79B2N3O5. The summed E-state index contributed by atoms with van der Waals surface area (Å²) in [5.41, 5.74) is 25.4. The lowest BCUT2D eigenvalue weighted by Gasteiger charge is -2.32. The summed E-state index contributed by atoms with van der Waals surface area (Å²) >= 11 is 0. The third-order valence-corrected chi connectivity index (χ3v) is 22.9. The summed E-state index contributed by atoms with van der Waals surface area (Å²) in [5.74, 6) is 0. The number of aromatic nitrogens is 1. The number of nitrogens with zero attached hydrogens (tertiary/aromatic N) is 3. The minimum absolute atomic E-state index is 0.335. The van der Waals surface area contributed by atoms with Crippen LogP contribution >= 0.6 is 0 Å². The van der Waals surface area contributed by atoms with Crippen LogP contribution in [-0.4, -0.2) is 41.2 Å². The van der Waals surface area contributed by atoms with Crippen LogP contribution in [-0.2, 0) is 24.0 Å². The minimum Gasteiger partial charge on any atom is -0.455 e. The molecule has 0 N–H and O–H groups in total. The number of para-hydroxylation sites is 3. The fourth-order valence-corrected chi connectivity index (χ4v) is 15.7. The first-order valence-corrected chi connectivity index (χ1v) is 36.0. The lowest BCUT2D eigenvalue weighted by molar-refractivity contribution is 0.00578. The van der Waals surface area contributed by atoms with Gasteiger partial charge in [0.05, 0.1) is 33.4 Å². The zero-order chi connectivity index (χ0) is 70.3. The molecule has 103 heavy (non-hydrogen) atoms. The largest absolute Gasteiger partial charge is 0.494 e. The highest BCUT2D eigenvalue weighted by Gasteiger charge is 2.53. The van der Waals surface area contributed by atoms with Crippen molar-refractivity contribution >= 4 is 103 Å². The number of hydrogen-bond donors (Lipinski definition) is 0. The van der Waals surface area contributed by atoms with Crippen LogP contribution in [0.15, 0.2) is 302 Å². The van der Waals surface area contributed by atoms with Crippen molar-refractivity contribution in [2.75, 3.05) is 9.80 Å². The highest BCUT2D eigenvalue weighted by Crippen LogP contribution is 2.53. The standard InChI is InChI=1S/C93H79B2N3O5/c1-89(2)83-57-66(37-51-77(83)78-52-50-75(59-84(78)89)97(73-48-40-67(41-49-73)94-100-90(3,4)91(5,6)101-94)72-46-35-63(36-47-72)76-28-20-29-80-79-27-17-18-30-87(79)99-88(76)80)65-39-54-86-82(56-65)81-55-64(38-53-85(81)98(86)69-24-15-12-16-25-69)62-33-44-71(45-34-62)96(70-42-31-61(32-43-70)60-21-13-11-14-22-60)74-26-19-23-68(58-74)95-102-92(7,8)93(9,10)103-95/h11-59H,1-10H3. The first kappa shape index (κ1) is 64.2. The molecule has 0 spiro atoms. The predicted molar refractivity (Wildman–Crippen MR) is 428 cm³/mol. The van der Waals surface area contributed by atoms with Crippen molar-refractivity contribution in [3.63, 3.8) is 0 Å². The second-order valence-corrected chi connectivity index (χ2v) is 30.6. The molecule has 502 valence electrons. The van der Waals surface area contributed by atoms with Crippen molar-refractivity contribution < 1.29 is 23.0 Å². The first-order chi connectivity index (χ1) is 49.7. The Hall–Kier alpha value is -11.0. The van der Waals surface area contributed by atoms with Gasteiger partial charge in [-0.3, -0.25) is 0 Å². The Balaban J connectivity index is 0.686. The second kappa shape index (κ2) is 24.1. The van der Waals surface area contributed by atoms with E-state index in [-0.39, 0.29) is 5.41 Å². The van der Waals surface area contributed by atoms with Gasteiger partial charge in [0.15, 0.2) is 0 Å². The molecule has 4 heterocycles. The van der Waals surface area contributed by atoms with Gasteiger partial charge in [-0.25, -0.2) is 0 Å². The zero-order valence-electron chi connectivity index (χ0n) is 59.8. The Kier molecular flexibility index (Phi) is 15.0. The lowest BCUT2D eigenvalue weighted by Crippen LogP contribution is -2.41. The van der Waals surface area contributed by atoms with Gasteiger partial charge in [-0.2, -0.15) is 0 Å². The van der Waals surface area contributed by atoms with Crippen LogP contribution in [0.3, 0.4) is 0 Å². The number of hydrogen-bond acceptors (Lipinski definition) is 7. The molecule has 13 aromatic carbocycles. The van der Waals surface area contributed by atoms with E-state index in [1.807, 2.05) is 12.1 Å². The molecule has 0 unspecified atom stereocenters. The summed E-state index contributed by atoms with van der Waals surface area (Å²) in [5, 5.41) is 4.61.